The zero-order valence-corrected chi connectivity index (χ0v) is 14.1. The Morgan fingerprint density at radius 2 is 1.83 bits per heavy atom. The number of carbonyl (C=O) groups excluding carboxylic acids is 1. The summed E-state index contributed by atoms with van der Waals surface area (Å²) in [5, 5.41) is 12.0. The van der Waals surface area contributed by atoms with Crippen LogP contribution in [0.2, 0.25) is 0 Å². The highest BCUT2D eigenvalue weighted by Crippen LogP contribution is 2.23. The quantitative estimate of drug-likeness (QED) is 0.848. The second-order valence-corrected chi connectivity index (χ2v) is 5.79. The van der Waals surface area contributed by atoms with Crippen LogP contribution >= 0.6 is 0 Å². The molecule has 0 saturated heterocycles. The van der Waals surface area contributed by atoms with Gasteiger partial charge in [0.15, 0.2) is 6.04 Å². The third-order valence-corrected chi connectivity index (χ3v) is 3.72. The first-order valence-corrected chi connectivity index (χ1v) is 7.61. The Labute approximate surface area is 140 Å². The van der Waals surface area contributed by atoms with Gasteiger partial charge in [-0.1, -0.05) is 26.0 Å². The first-order valence-electron chi connectivity index (χ1n) is 7.61. The van der Waals surface area contributed by atoms with E-state index in [0.29, 0.717) is 28.4 Å². The summed E-state index contributed by atoms with van der Waals surface area (Å²) in [6.07, 6.45) is 0. The van der Waals surface area contributed by atoms with Crippen molar-refractivity contribution in [2.45, 2.75) is 32.7 Å². The topological polar surface area (TPSA) is 88.8 Å². The van der Waals surface area contributed by atoms with Crippen molar-refractivity contribution in [2.24, 2.45) is 0 Å². The van der Waals surface area contributed by atoms with Crippen LogP contribution in [0.3, 0.4) is 0 Å². The van der Waals surface area contributed by atoms with Crippen molar-refractivity contribution in [3.63, 3.8) is 0 Å². The molecular weight excluding hydrogens is 310 g/mol. The fraction of sp³-hybridized carbons (Fsp3) is 0.333. The molecule has 0 radical (unpaired) electrons. The van der Waals surface area contributed by atoms with Crippen molar-refractivity contribution >= 4 is 11.9 Å². The Morgan fingerprint density at radius 1 is 1.21 bits per heavy atom. The van der Waals surface area contributed by atoms with Crippen molar-refractivity contribution in [1.82, 2.24) is 5.32 Å². The Hall–Kier alpha value is -2.76. The molecule has 1 aromatic heterocycles. The molecule has 0 saturated carbocycles. The summed E-state index contributed by atoms with van der Waals surface area (Å²) in [6, 6.07) is 7.02. The van der Waals surface area contributed by atoms with E-state index < -0.39 is 17.9 Å². The van der Waals surface area contributed by atoms with E-state index in [1.807, 2.05) is 13.8 Å². The highest BCUT2D eigenvalue weighted by Gasteiger charge is 2.25. The van der Waals surface area contributed by atoms with E-state index in [0.717, 1.165) is 0 Å². The van der Waals surface area contributed by atoms with Crippen LogP contribution in [0.15, 0.2) is 34.7 Å². The molecule has 1 heterocycles. The maximum absolute atomic E-state index is 12.5. The minimum atomic E-state index is -1.15. The lowest BCUT2D eigenvalue weighted by Gasteiger charge is -2.15. The van der Waals surface area contributed by atoms with E-state index in [4.69, 9.17) is 9.15 Å². The van der Waals surface area contributed by atoms with Gasteiger partial charge in [-0.2, -0.15) is 0 Å². The molecular formula is C18H21NO5. The summed E-state index contributed by atoms with van der Waals surface area (Å²) in [6.45, 7) is 5.60. The van der Waals surface area contributed by atoms with Gasteiger partial charge in [0.2, 0.25) is 0 Å². The van der Waals surface area contributed by atoms with Gasteiger partial charge in [-0.25, -0.2) is 4.79 Å². The minimum Gasteiger partial charge on any atom is -0.497 e. The van der Waals surface area contributed by atoms with Gasteiger partial charge in [0.25, 0.3) is 5.91 Å². The summed E-state index contributed by atoms with van der Waals surface area (Å²) in [4.78, 5) is 24.0. The van der Waals surface area contributed by atoms with E-state index in [1.165, 1.54) is 7.11 Å². The Kier molecular flexibility index (Phi) is 5.28. The molecule has 0 aliphatic heterocycles. The molecule has 128 valence electrons. The molecule has 0 aliphatic carbocycles. The van der Waals surface area contributed by atoms with Gasteiger partial charge in [-0.3, -0.25) is 4.79 Å². The van der Waals surface area contributed by atoms with E-state index in [-0.39, 0.29) is 5.92 Å². The minimum absolute atomic E-state index is 0.141. The molecule has 0 spiro atoms. The van der Waals surface area contributed by atoms with Crippen LogP contribution in [0.5, 0.6) is 5.75 Å². The first kappa shape index (κ1) is 17.6. The number of nitrogens with one attached hydrogen (secondary N) is 1. The number of amides is 1. The first-order chi connectivity index (χ1) is 11.3. The standard InChI is InChI=1S/C18H21NO5/c1-10(2)15-9-14(11(3)24-15)17(20)19-16(18(21)22)12-5-7-13(23-4)8-6-12/h5-10,16H,1-4H3,(H,19,20)(H,21,22). The summed E-state index contributed by atoms with van der Waals surface area (Å²) in [5.74, 6) is 0.290. The molecule has 2 N–H and O–H groups in total. The molecule has 1 atom stereocenters. The van der Waals surface area contributed by atoms with Crippen molar-refractivity contribution in [3.05, 3.63) is 53.0 Å². The van der Waals surface area contributed by atoms with Crippen molar-refractivity contribution in [3.8, 4) is 5.75 Å². The van der Waals surface area contributed by atoms with Gasteiger partial charge in [0.05, 0.1) is 12.7 Å². The molecule has 0 fully saturated rings. The lowest BCUT2D eigenvalue weighted by molar-refractivity contribution is -0.139. The predicted molar refractivity (Wildman–Crippen MR) is 88.4 cm³/mol. The van der Waals surface area contributed by atoms with Crippen LogP contribution in [0.1, 0.15) is 53.2 Å². The monoisotopic (exact) mass is 331 g/mol. The van der Waals surface area contributed by atoms with Crippen LogP contribution in [0.25, 0.3) is 0 Å². The number of benzene rings is 1. The maximum Gasteiger partial charge on any atom is 0.330 e. The highest BCUT2D eigenvalue weighted by molar-refractivity contribution is 5.97. The predicted octanol–water partition coefficient (Wildman–Crippen LogP) is 3.28. The normalized spacial score (nSPS) is 12.0. The number of aliphatic carboxylic acids is 1. The zero-order chi connectivity index (χ0) is 17.9. The van der Waals surface area contributed by atoms with Gasteiger partial charge in [0.1, 0.15) is 17.3 Å². The van der Waals surface area contributed by atoms with E-state index in [1.54, 1.807) is 37.3 Å². The number of carbonyl (C=O) groups is 2. The Morgan fingerprint density at radius 3 is 2.29 bits per heavy atom. The smallest absolute Gasteiger partial charge is 0.330 e. The van der Waals surface area contributed by atoms with Gasteiger partial charge in [0, 0.05) is 5.92 Å². The molecule has 2 rings (SSSR count). The lowest BCUT2D eigenvalue weighted by Crippen LogP contribution is -2.33. The van der Waals surface area contributed by atoms with Crippen LogP contribution in [-0.2, 0) is 4.79 Å². The average Bonchev–Trinajstić information content (AvgIpc) is 2.94. The fourth-order valence-electron chi connectivity index (χ4n) is 2.31. The van der Waals surface area contributed by atoms with E-state index in [9.17, 15) is 14.7 Å². The second kappa shape index (κ2) is 7.21. The summed E-state index contributed by atoms with van der Waals surface area (Å²) < 4.78 is 10.6. The zero-order valence-electron chi connectivity index (χ0n) is 14.1. The van der Waals surface area contributed by atoms with Crippen LogP contribution in [0.4, 0.5) is 0 Å². The van der Waals surface area contributed by atoms with Gasteiger partial charge in [-0.05, 0) is 30.7 Å². The van der Waals surface area contributed by atoms with Crippen molar-refractivity contribution < 1.29 is 23.8 Å². The second-order valence-electron chi connectivity index (χ2n) is 5.79. The van der Waals surface area contributed by atoms with Crippen molar-refractivity contribution in [1.29, 1.82) is 0 Å². The van der Waals surface area contributed by atoms with Crippen molar-refractivity contribution in [2.75, 3.05) is 7.11 Å². The average molecular weight is 331 g/mol. The summed E-state index contributed by atoms with van der Waals surface area (Å²) in [5.41, 5.74) is 0.806. The molecule has 1 amide bonds. The van der Waals surface area contributed by atoms with E-state index >= 15 is 0 Å². The van der Waals surface area contributed by atoms with Crippen LogP contribution in [-0.4, -0.2) is 24.1 Å². The van der Waals surface area contributed by atoms with E-state index in [2.05, 4.69) is 5.32 Å². The fourth-order valence-corrected chi connectivity index (χ4v) is 2.31. The molecule has 6 nitrogen and oxygen atoms in total. The third kappa shape index (κ3) is 3.76. The molecule has 1 aromatic carbocycles. The number of furan rings is 1. The largest absolute Gasteiger partial charge is 0.497 e. The highest BCUT2D eigenvalue weighted by atomic mass is 16.5. The SMILES string of the molecule is COc1ccc(C(NC(=O)c2cc(C(C)C)oc2C)C(=O)O)cc1. The Balaban J connectivity index is 2.24. The van der Waals surface area contributed by atoms with Crippen LogP contribution in [0, 0.1) is 6.92 Å². The molecule has 2 aromatic rings. The molecule has 0 aliphatic rings. The molecule has 0 bridgehead atoms. The number of methoxy groups -OCH3 is 1. The lowest BCUT2D eigenvalue weighted by atomic mass is 10.1. The molecule has 24 heavy (non-hydrogen) atoms. The summed E-state index contributed by atoms with van der Waals surface area (Å²) in [7, 11) is 1.53. The van der Waals surface area contributed by atoms with Gasteiger partial charge < -0.3 is 19.6 Å². The Bertz CT molecular complexity index is 730. The number of carboxylic acid groups (broad SMARTS) is 1. The van der Waals surface area contributed by atoms with Crippen LogP contribution < -0.4 is 10.1 Å². The molecule has 1 unspecified atom stereocenters. The van der Waals surface area contributed by atoms with Gasteiger partial charge in [-0.15, -0.1) is 0 Å². The summed E-state index contributed by atoms with van der Waals surface area (Å²) >= 11 is 0. The van der Waals surface area contributed by atoms with Gasteiger partial charge >= 0.3 is 5.97 Å². The number of rotatable bonds is 6. The maximum atomic E-state index is 12.5. The number of carboxylic acids is 1. The molecule has 6 heteroatoms. The number of ether oxygens (including phenoxy) is 1. The number of aryl methyl sites for hydroxylation is 1. The number of hydrogen-bond acceptors (Lipinski definition) is 4. The number of hydrogen-bond donors (Lipinski definition) is 2. The third-order valence-electron chi connectivity index (χ3n) is 3.72.